The van der Waals surface area contributed by atoms with Crippen LogP contribution in [0.2, 0.25) is 5.02 Å². The van der Waals surface area contributed by atoms with Gasteiger partial charge in [-0.05, 0) is 18.2 Å². The van der Waals surface area contributed by atoms with Crippen molar-refractivity contribution >= 4 is 27.3 Å². The molecule has 0 saturated heterocycles. The van der Waals surface area contributed by atoms with Gasteiger partial charge in [-0.15, -0.1) is 0 Å². The van der Waals surface area contributed by atoms with Gasteiger partial charge in [-0.3, -0.25) is 4.72 Å². The summed E-state index contributed by atoms with van der Waals surface area (Å²) < 4.78 is 26.5. The minimum Gasteiger partial charge on any atom is -0.395 e. The van der Waals surface area contributed by atoms with E-state index in [0.717, 1.165) is 0 Å². The van der Waals surface area contributed by atoms with E-state index in [4.69, 9.17) is 16.7 Å². The molecular weight excluding hydrogens is 314 g/mol. The molecule has 2 rings (SSSR count). The third kappa shape index (κ3) is 3.98. The highest BCUT2D eigenvalue weighted by Crippen LogP contribution is 2.25. The molecule has 3 N–H and O–H groups in total. The Hall–Kier alpha value is -2.01. The number of aliphatic hydroxyl groups excluding tert-OH is 1. The molecule has 0 aliphatic carbocycles. The van der Waals surface area contributed by atoms with Crippen molar-refractivity contribution in [1.29, 1.82) is 0 Å². The second kappa shape index (κ2) is 6.63. The maximum Gasteiger partial charge on any atom is 0.279 e. The molecule has 0 saturated carbocycles. The second-order valence-corrected chi connectivity index (χ2v) is 6.05. The molecule has 8 heteroatoms. The first-order valence-corrected chi connectivity index (χ1v) is 7.79. The van der Waals surface area contributed by atoms with Gasteiger partial charge in [0.1, 0.15) is 0 Å². The predicted molar refractivity (Wildman–Crippen MR) is 79.4 cm³/mol. The van der Waals surface area contributed by atoms with E-state index < -0.39 is 10.0 Å². The third-order valence-electron chi connectivity index (χ3n) is 2.44. The van der Waals surface area contributed by atoms with Crippen molar-refractivity contribution in [3.05, 3.63) is 41.3 Å². The van der Waals surface area contributed by atoms with Crippen LogP contribution < -0.4 is 4.72 Å². The van der Waals surface area contributed by atoms with Crippen LogP contribution in [0, 0.1) is 11.8 Å². The normalized spacial score (nSPS) is 10.8. The number of benzene rings is 1. The van der Waals surface area contributed by atoms with Gasteiger partial charge in [0, 0.05) is 12.0 Å². The summed E-state index contributed by atoms with van der Waals surface area (Å²) >= 11 is 5.98. The van der Waals surface area contributed by atoms with Crippen molar-refractivity contribution in [3.63, 3.8) is 0 Å². The summed E-state index contributed by atoms with van der Waals surface area (Å²) in [6.07, 6.45) is 2.81. The van der Waals surface area contributed by atoms with Gasteiger partial charge in [0.15, 0.2) is 5.03 Å². The van der Waals surface area contributed by atoms with E-state index in [2.05, 4.69) is 26.5 Å². The third-order valence-corrected chi connectivity index (χ3v) is 4.06. The summed E-state index contributed by atoms with van der Waals surface area (Å²) in [6.45, 7) is -0.0279. The number of aromatic amines is 1. The Balaban J connectivity index is 2.28. The number of sulfonamides is 1. The monoisotopic (exact) mass is 325 g/mol. The first-order chi connectivity index (χ1) is 10.0. The number of nitrogens with one attached hydrogen (secondary N) is 2. The maximum absolute atomic E-state index is 12.1. The minimum atomic E-state index is -3.78. The average Bonchev–Trinajstić information content (AvgIpc) is 2.97. The number of nitrogens with zero attached hydrogens (tertiary/aromatic N) is 1. The number of aromatic nitrogens is 2. The Kier molecular flexibility index (Phi) is 4.85. The number of hydrogen-bond acceptors (Lipinski definition) is 4. The number of anilines is 1. The molecule has 0 aliphatic rings. The van der Waals surface area contributed by atoms with Crippen LogP contribution in [-0.4, -0.2) is 30.1 Å². The summed E-state index contributed by atoms with van der Waals surface area (Å²) in [4.78, 5) is 6.18. The van der Waals surface area contributed by atoms with E-state index in [1.54, 1.807) is 12.1 Å². The zero-order chi connectivity index (χ0) is 15.3. The molecule has 1 aromatic heterocycles. The molecule has 1 aromatic carbocycles. The van der Waals surface area contributed by atoms with Crippen LogP contribution in [0.15, 0.2) is 35.7 Å². The molecule has 0 atom stereocenters. The van der Waals surface area contributed by atoms with E-state index in [9.17, 15) is 8.42 Å². The van der Waals surface area contributed by atoms with Gasteiger partial charge in [0.25, 0.3) is 10.0 Å². The molecule has 0 amide bonds. The first kappa shape index (κ1) is 15.4. The molecular formula is C13H12ClN3O3S. The Morgan fingerprint density at radius 2 is 2.24 bits per heavy atom. The largest absolute Gasteiger partial charge is 0.395 e. The van der Waals surface area contributed by atoms with Crippen molar-refractivity contribution < 1.29 is 13.5 Å². The van der Waals surface area contributed by atoms with Gasteiger partial charge in [0.05, 0.1) is 29.8 Å². The van der Waals surface area contributed by atoms with Gasteiger partial charge >= 0.3 is 0 Å². The van der Waals surface area contributed by atoms with Crippen molar-refractivity contribution in [2.45, 2.75) is 11.4 Å². The predicted octanol–water partition coefficient (Wildman–Crippen LogP) is 1.60. The molecule has 0 bridgehead atoms. The fourth-order valence-electron chi connectivity index (χ4n) is 1.49. The highest BCUT2D eigenvalue weighted by molar-refractivity contribution is 7.92. The summed E-state index contributed by atoms with van der Waals surface area (Å²) in [5.41, 5.74) is 0.817. The maximum atomic E-state index is 12.1. The Labute approximate surface area is 127 Å². The summed E-state index contributed by atoms with van der Waals surface area (Å²) in [5.74, 6) is 5.56. The zero-order valence-electron chi connectivity index (χ0n) is 10.8. The molecule has 21 heavy (non-hydrogen) atoms. The van der Waals surface area contributed by atoms with E-state index in [1.165, 1.54) is 18.6 Å². The molecule has 6 nitrogen and oxygen atoms in total. The van der Waals surface area contributed by atoms with Gasteiger partial charge < -0.3 is 10.1 Å². The molecule has 0 fully saturated rings. The molecule has 0 aliphatic heterocycles. The molecule has 110 valence electrons. The Morgan fingerprint density at radius 3 is 2.90 bits per heavy atom. The van der Waals surface area contributed by atoms with Gasteiger partial charge in [-0.1, -0.05) is 23.4 Å². The van der Waals surface area contributed by atoms with Crippen LogP contribution in [0.1, 0.15) is 12.0 Å². The summed E-state index contributed by atoms with van der Waals surface area (Å²) in [6, 6.07) is 4.75. The summed E-state index contributed by atoms with van der Waals surface area (Å²) in [7, 11) is -3.78. The van der Waals surface area contributed by atoms with Crippen LogP contribution in [0.3, 0.4) is 0 Å². The second-order valence-electron chi connectivity index (χ2n) is 3.99. The van der Waals surface area contributed by atoms with Gasteiger partial charge in [0.2, 0.25) is 0 Å². The number of hydrogen-bond donors (Lipinski definition) is 3. The highest BCUT2D eigenvalue weighted by atomic mass is 35.5. The van der Waals surface area contributed by atoms with E-state index in [0.29, 0.717) is 12.0 Å². The van der Waals surface area contributed by atoms with Crippen molar-refractivity contribution in [1.82, 2.24) is 9.97 Å². The smallest absolute Gasteiger partial charge is 0.279 e. The number of imidazole rings is 1. The lowest BCUT2D eigenvalue weighted by molar-refractivity contribution is 0.305. The zero-order valence-corrected chi connectivity index (χ0v) is 12.4. The molecule has 1 heterocycles. The molecule has 0 radical (unpaired) electrons. The number of aliphatic hydroxyl groups is 1. The first-order valence-electron chi connectivity index (χ1n) is 5.93. The van der Waals surface area contributed by atoms with Crippen molar-refractivity contribution in [3.8, 4) is 11.8 Å². The minimum absolute atomic E-state index is 0.0279. The highest BCUT2D eigenvalue weighted by Gasteiger charge is 2.17. The number of halogens is 1. The molecule has 0 spiro atoms. The van der Waals surface area contributed by atoms with Crippen LogP contribution in [0.5, 0.6) is 0 Å². The van der Waals surface area contributed by atoms with Crippen LogP contribution >= 0.6 is 11.6 Å². The molecule has 2 aromatic rings. The van der Waals surface area contributed by atoms with Crippen LogP contribution in [-0.2, 0) is 10.0 Å². The quantitative estimate of drug-likeness (QED) is 0.744. The molecule has 0 unspecified atom stereocenters. The fourth-order valence-corrected chi connectivity index (χ4v) is 2.69. The van der Waals surface area contributed by atoms with E-state index in [1.807, 2.05) is 0 Å². The van der Waals surface area contributed by atoms with Gasteiger partial charge in [-0.2, -0.15) is 8.42 Å². The Bertz CT molecular complexity index is 777. The van der Waals surface area contributed by atoms with Crippen LogP contribution in [0.4, 0.5) is 5.69 Å². The fraction of sp³-hybridized carbons (Fsp3) is 0.154. The lowest BCUT2D eigenvalue weighted by Gasteiger charge is -2.08. The standard InChI is InChI=1S/C13H12ClN3O3S/c14-11-5-4-10(3-1-2-6-18)7-12(11)17-21(19,20)13-8-15-9-16-13/h4-5,7-9,17-18H,2,6H2,(H,15,16). The lowest BCUT2D eigenvalue weighted by Crippen LogP contribution is -2.13. The number of H-pyrrole nitrogens is 1. The average molecular weight is 326 g/mol. The van der Waals surface area contributed by atoms with Gasteiger partial charge in [-0.25, -0.2) is 4.98 Å². The number of rotatable bonds is 4. The van der Waals surface area contributed by atoms with Crippen molar-refractivity contribution in [2.24, 2.45) is 0 Å². The van der Waals surface area contributed by atoms with Crippen LogP contribution in [0.25, 0.3) is 0 Å². The Morgan fingerprint density at radius 1 is 1.43 bits per heavy atom. The van der Waals surface area contributed by atoms with E-state index >= 15 is 0 Å². The summed E-state index contributed by atoms with van der Waals surface area (Å²) in [5, 5.41) is 8.87. The SMILES string of the molecule is O=S(=O)(Nc1cc(C#CCCO)ccc1Cl)c1cnc[nH]1. The lowest BCUT2D eigenvalue weighted by atomic mass is 10.2. The topological polar surface area (TPSA) is 95.1 Å². The van der Waals surface area contributed by atoms with E-state index in [-0.39, 0.29) is 22.3 Å². The van der Waals surface area contributed by atoms with Crippen molar-refractivity contribution in [2.75, 3.05) is 11.3 Å².